The van der Waals surface area contributed by atoms with Gasteiger partial charge in [-0.05, 0) is 25.0 Å². The van der Waals surface area contributed by atoms with Crippen molar-refractivity contribution in [3.8, 4) is 0 Å². The number of carbonyl (C=O) groups excluding carboxylic acids is 1. The number of halogens is 3. The fraction of sp³-hybridized carbons (Fsp3) is 0.312. The Morgan fingerprint density at radius 2 is 2.23 bits per heavy atom. The molecular formula is C16H19F3N2O. The van der Waals surface area contributed by atoms with Crippen molar-refractivity contribution in [2.75, 3.05) is 6.54 Å². The molecule has 2 N–H and O–H groups in total. The number of hydrogen-bond acceptors (Lipinski definition) is 1. The molecule has 0 heterocycles. The predicted octanol–water partition coefficient (Wildman–Crippen LogP) is 3.79. The normalized spacial score (nSPS) is 19.0. The van der Waals surface area contributed by atoms with Crippen LogP contribution in [0, 0.1) is 0 Å². The molecule has 1 aliphatic carbocycles. The highest BCUT2D eigenvalue weighted by Crippen LogP contribution is 2.29. The SMILES string of the molecule is C=C/C(=C\C=C\C)CNC(=O)NC1C=C(C(F)(F)F)C=CC1. The van der Waals surface area contributed by atoms with Crippen LogP contribution in [0.3, 0.4) is 0 Å². The van der Waals surface area contributed by atoms with E-state index in [0.29, 0.717) is 6.42 Å². The average molecular weight is 312 g/mol. The van der Waals surface area contributed by atoms with Crippen LogP contribution in [-0.4, -0.2) is 24.8 Å². The zero-order chi connectivity index (χ0) is 16.6. The molecule has 0 aromatic rings. The van der Waals surface area contributed by atoms with Gasteiger partial charge in [0.2, 0.25) is 0 Å². The molecule has 120 valence electrons. The summed E-state index contributed by atoms with van der Waals surface area (Å²) in [6, 6.07) is -1.19. The molecule has 0 aromatic heterocycles. The molecule has 0 fully saturated rings. The first-order valence-electron chi connectivity index (χ1n) is 6.81. The minimum absolute atomic E-state index is 0.248. The van der Waals surface area contributed by atoms with E-state index in [-0.39, 0.29) is 6.54 Å². The van der Waals surface area contributed by atoms with E-state index in [1.807, 2.05) is 13.0 Å². The third kappa shape index (κ3) is 6.03. The molecule has 0 aliphatic heterocycles. The Kier molecular flexibility index (Phi) is 6.69. The lowest BCUT2D eigenvalue weighted by atomic mass is 10.0. The van der Waals surface area contributed by atoms with Crippen molar-refractivity contribution >= 4 is 6.03 Å². The van der Waals surface area contributed by atoms with Crippen LogP contribution in [0.4, 0.5) is 18.0 Å². The van der Waals surface area contributed by atoms with Crippen molar-refractivity contribution < 1.29 is 18.0 Å². The Balaban J connectivity index is 2.54. The summed E-state index contributed by atoms with van der Waals surface area (Å²) < 4.78 is 37.8. The van der Waals surface area contributed by atoms with Gasteiger partial charge in [0.15, 0.2) is 0 Å². The van der Waals surface area contributed by atoms with E-state index in [1.54, 1.807) is 18.2 Å². The lowest BCUT2D eigenvalue weighted by Crippen LogP contribution is -2.42. The van der Waals surface area contributed by atoms with Crippen molar-refractivity contribution in [3.05, 3.63) is 60.3 Å². The molecule has 0 radical (unpaired) electrons. The first kappa shape index (κ1) is 17.8. The summed E-state index contributed by atoms with van der Waals surface area (Å²) in [4.78, 5) is 11.7. The number of urea groups is 1. The number of hydrogen-bond donors (Lipinski definition) is 2. The maximum atomic E-state index is 12.6. The highest BCUT2D eigenvalue weighted by Gasteiger charge is 2.33. The molecule has 3 nitrogen and oxygen atoms in total. The van der Waals surface area contributed by atoms with Gasteiger partial charge in [0.1, 0.15) is 0 Å². The van der Waals surface area contributed by atoms with E-state index in [1.165, 1.54) is 6.08 Å². The molecular weight excluding hydrogens is 293 g/mol. The summed E-state index contributed by atoms with van der Waals surface area (Å²) in [5, 5.41) is 5.08. The van der Waals surface area contributed by atoms with Gasteiger partial charge in [-0.1, -0.05) is 43.0 Å². The van der Waals surface area contributed by atoms with Crippen molar-refractivity contribution in [1.82, 2.24) is 10.6 Å². The van der Waals surface area contributed by atoms with E-state index >= 15 is 0 Å². The molecule has 0 bridgehead atoms. The van der Waals surface area contributed by atoms with E-state index in [9.17, 15) is 18.0 Å². The lowest BCUT2D eigenvalue weighted by molar-refractivity contribution is -0.0887. The van der Waals surface area contributed by atoms with Crippen LogP contribution in [0.25, 0.3) is 0 Å². The molecule has 1 atom stereocenters. The van der Waals surface area contributed by atoms with Gasteiger partial charge in [-0.3, -0.25) is 0 Å². The first-order chi connectivity index (χ1) is 10.4. The molecule has 1 aliphatic rings. The molecule has 0 saturated carbocycles. The fourth-order valence-corrected chi connectivity index (χ4v) is 1.79. The van der Waals surface area contributed by atoms with Gasteiger partial charge in [-0.25, -0.2) is 4.79 Å². The second-order valence-electron chi connectivity index (χ2n) is 4.66. The van der Waals surface area contributed by atoms with Crippen LogP contribution in [0.5, 0.6) is 0 Å². The lowest BCUT2D eigenvalue weighted by Gasteiger charge is -2.20. The molecule has 0 spiro atoms. The summed E-state index contributed by atoms with van der Waals surface area (Å²) >= 11 is 0. The summed E-state index contributed by atoms with van der Waals surface area (Å²) in [5.74, 6) is 0. The van der Waals surface area contributed by atoms with Crippen LogP contribution in [0.15, 0.2) is 60.3 Å². The summed E-state index contributed by atoms with van der Waals surface area (Å²) in [5.41, 5.74) is 0.0483. The van der Waals surface area contributed by atoms with Crippen LogP contribution in [0.1, 0.15) is 13.3 Å². The smallest absolute Gasteiger partial charge is 0.334 e. The van der Waals surface area contributed by atoms with Crippen molar-refractivity contribution in [1.29, 1.82) is 0 Å². The third-order valence-electron chi connectivity index (χ3n) is 2.93. The number of amides is 2. The van der Waals surface area contributed by atoms with Gasteiger partial charge in [0.25, 0.3) is 0 Å². The van der Waals surface area contributed by atoms with Gasteiger partial charge in [0.05, 0.1) is 11.6 Å². The highest BCUT2D eigenvalue weighted by atomic mass is 19.4. The number of carbonyl (C=O) groups is 1. The molecule has 2 amide bonds. The maximum Gasteiger partial charge on any atom is 0.416 e. The zero-order valence-corrected chi connectivity index (χ0v) is 12.3. The van der Waals surface area contributed by atoms with Crippen LogP contribution in [0.2, 0.25) is 0 Å². The number of rotatable bonds is 5. The number of alkyl halides is 3. The molecule has 22 heavy (non-hydrogen) atoms. The van der Waals surface area contributed by atoms with Gasteiger partial charge in [-0.2, -0.15) is 13.2 Å². The summed E-state index contributed by atoms with van der Waals surface area (Å²) in [6.45, 7) is 5.73. The van der Waals surface area contributed by atoms with Crippen LogP contribution < -0.4 is 10.6 Å². The number of nitrogens with one attached hydrogen (secondary N) is 2. The molecule has 0 aromatic carbocycles. The minimum atomic E-state index is -4.40. The third-order valence-corrected chi connectivity index (χ3v) is 2.93. The second-order valence-corrected chi connectivity index (χ2v) is 4.66. The van der Waals surface area contributed by atoms with Crippen molar-refractivity contribution in [2.45, 2.75) is 25.6 Å². The van der Waals surface area contributed by atoms with E-state index in [4.69, 9.17) is 0 Å². The van der Waals surface area contributed by atoms with Gasteiger partial charge in [0, 0.05) is 6.54 Å². The second kappa shape index (κ2) is 8.26. The monoisotopic (exact) mass is 312 g/mol. The Bertz CT molecular complexity index is 528. The van der Waals surface area contributed by atoms with E-state index in [0.717, 1.165) is 17.7 Å². The molecule has 6 heteroatoms. The topological polar surface area (TPSA) is 41.1 Å². The summed E-state index contributed by atoms with van der Waals surface area (Å²) in [6.07, 6.45) is 6.39. The largest absolute Gasteiger partial charge is 0.416 e. The average Bonchev–Trinajstić information content (AvgIpc) is 2.47. The van der Waals surface area contributed by atoms with Crippen LogP contribution in [-0.2, 0) is 0 Å². The van der Waals surface area contributed by atoms with E-state index in [2.05, 4.69) is 17.2 Å². The Morgan fingerprint density at radius 3 is 2.82 bits per heavy atom. The van der Waals surface area contributed by atoms with E-state index < -0.39 is 23.8 Å². The summed E-state index contributed by atoms with van der Waals surface area (Å²) in [7, 11) is 0. The Labute approximate surface area is 128 Å². The Morgan fingerprint density at radius 1 is 1.50 bits per heavy atom. The first-order valence-corrected chi connectivity index (χ1v) is 6.81. The predicted molar refractivity (Wildman–Crippen MR) is 81.3 cm³/mol. The quantitative estimate of drug-likeness (QED) is 0.745. The molecule has 0 saturated heterocycles. The van der Waals surface area contributed by atoms with Gasteiger partial charge in [-0.15, -0.1) is 0 Å². The molecule has 1 rings (SSSR count). The Hall–Kier alpha value is -2.24. The standard InChI is InChI=1S/C16H19F3N2O/c1-3-5-7-12(4-2)11-20-15(22)21-14-9-6-8-13(10-14)16(17,18)19/h3-8,10,14H,2,9,11H2,1H3,(H2,20,21,22)/b5-3+,12-7+. The molecule has 1 unspecified atom stereocenters. The van der Waals surface area contributed by atoms with Gasteiger partial charge >= 0.3 is 12.2 Å². The van der Waals surface area contributed by atoms with Crippen molar-refractivity contribution in [3.63, 3.8) is 0 Å². The zero-order valence-electron chi connectivity index (χ0n) is 12.3. The minimum Gasteiger partial charge on any atom is -0.334 e. The van der Waals surface area contributed by atoms with Gasteiger partial charge < -0.3 is 10.6 Å². The highest BCUT2D eigenvalue weighted by molar-refractivity contribution is 5.75. The maximum absolute atomic E-state index is 12.6. The number of allylic oxidation sites excluding steroid dienone is 5. The van der Waals surface area contributed by atoms with Crippen LogP contribution >= 0.6 is 0 Å². The fourth-order valence-electron chi connectivity index (χ4n) is 1.79. The van der Waals surface area contributed by atoms with Crippen molar-refractivity contribution in [2.24, 2.45) is 0 Å².